The Balaban J connectivity index is 0. The molecule has 0 heterocycles. The first-order valence-corrected chi connectivity index (χ1v) is 11.0. The number of hydrogen-bond donors (Lipinski definition) is 0. The van der Waals surface area contributed by atoms with Gasteiger partial charge in [-0.15, -0.1) is 0 Å². The van der Waals surface area contributed by atoms with Crippen molar-refractivity contribution in [1.82, 2.24) is 0 Å². The van der Waals surface area contributed by atoms with Crippen LogP contribution in [0.1, 0.15) is 119 Å². The Kier molecular flexibility index (Phi) is 24.1. The summed E-state index contributed by atoms with van der Waals surface area (Å²) in [6.45, 7) is 13.0. The third kappa shape index (κ3) is 19.5. The van der Waals surface area contributed by atoms with Crippen LogP contribution in [0.4, 0.5) is 0 Å². The predicted molar refractivity (Wildman–Crippen MR) is 115 cm³/mol. The van der Waals surface area contributed by atoms with Gasteiger partial charge in [0.05, 0.1) is 0 Å². The van der Waals surface area contributed by atoms with E-state index in [1.54, 1.807) is 0 Å². The average molecular weight is 337 g/mol. The van der Waals surface area contributed by atoms with Gasteiger partial charge < -0.3 is 0 Å². The van der Waals surface area contributed by atoms with Gasteiger partial charge in [0, 0.05) is 0 Å². The molecule has 1 unspecified atom stereocenters. The first-order chi connectivity index (χ1) is 11.7. The normalized spacial score (nSPS) is 15.9. The van der Waals surface area contributed by atoms with Crippen LogP contribution in [0.3, 0.4) is 0 Å². The zero-order chi connectivity index (χ0) is 18.5. The Bertz CT molecular complexity index is 255. The first-order valence-electron chi connectivity index (χ1n) is 11.0. The molecule has 0 saturated heterocycles. The van der Waals surface area contributed by atoms with Crippen molar-refractivity contribution in [2.45, 2.75) is 119 Å². The Morgan fingerprint density at radius 2 is 1.50 bits per heavy atom. The number of rotatable bonds is 10. The first kappa shape index (κ1) is 25.7. The van der Waals surface area contributed by atoms with Crippen molar-refractivity contribution in [2.24, 2.45) is 11.8 Å². The van der Waals surface area contributed by atoms with E-state index in [1.165, 1.54) is 77.0 Å². The molecule has 0 radical (unpaired) electrons. The lowest BCUT2D eigenvalue weighted by Crippen LogP contribution is -1.93. The van der Waals surface area contributed by atoms with Crippen molar-refractivity contribution in [2.75, 3.05) is 0 Å². The van der Waals surface area contributed by atoms with E-state index in [0.29, 0.717) is 0 Å². The fourth-order valence-electron chi connectivity index (χ4n) is 3.15. The molecule has 1 aliphatic rings. The minimum absolute atomic E-state index is 0.929. The van der Waals surface area contributed by atoms with Gasteiger partial charge >= 0.3 is 0 Å². The third-order valence-corrected chi connectivity index (χ3v) is 4.62. The lowest BCUT2D eigenvalue weighted by molar-refractivity contribution is 0.471. The van der Waals surface area contributed by atoms with Gasteiger partial charge in [-0.1, -0.05) is 104 Å². The molecule has 1 saturated carbocycles. The average Bonchev–Trinajstić information content (AvgIpc) is 3.11. The monoisotopic (exact) mass is 336 g/mol. The van der Waals surface area contributed by atoms with Gasteiger partial charge in [0.2, 0.25) is 0 Å². The van der Waals surface area contributed by atoms with Gasteiger partial charge in [-0.05, 0) is 50.9 Å². The molecule has 1 aliphatic carbocycles. The summed E-state index contributed by atoms with van der Waals surface area (Å²) in [5, 5.41) is 0. The highest BCUT2D eigenvalue weighted by molar-refractivity contribution is 4.90. The van der Waals surface area contributed by atoms with Gasteiger partial charge in [0.15, 0.2) is 0 Å². The van der Waals surface area contributed by atoms with Crippen LogP contribution < -0.4 is 0 Å². The summed E-state index contributed by atoms with van der Waals surface area (Å²) in [5.74, 6) is 1.87. The highest BCUT2D eigenvalue weighted by atomic mass is 14.2. The standard InChI is InChI=1S/C15H28.C7H14.C2H6/c1-3-9-14(2)10-5-4-6-11-15-12-7-8-13-15;1-3-5-7-6-4-2;1-2/h6,11,14-15H,3-5,7-10,12-13H2,1-2H3;3,5H,4,6-7H2,1-2H3;1-2H3/b11-6+;5-3-;. The topological polar surface area (TPSA) is 0 Å². The van der Waals surface area contributed by atoms with Crippen molar-refractivity contribution >= 4 is 0 Å². The van der Waals surface area contributed by atoms with Crippen LogP contribution in [0.5, 0.6) is 0 Å². The van der Waals surface area contributed by atoms with E-state index in [2.05, 4.69) is 52.0 Å². The van der Waals surface area contributed by atoms with E-state index in [4.69, 9.17) is 0 Å². The maximum atomic E-state index is 2.48. The van der Waals surface area contributed by atoms with Crippen LogP contribution >= 0.6 is 0 Å². The van der Waals surface area contributed by atoms with Crippen molar-refractivity contribution in [3.8, 4) is 0 Å². The third-order valence-electron chi connectivity index (χ3n) is 4.62. The molecule has 0 nitrogen and oxygen atoms in total. The molecule has 0 aromatic heterocycles. The smallest absolute Gasteiger partial charge is 0.0234 e. The maximum absolute atomic E-state index is 2.48. The molecule has 0 spiro atoms. The molecule has 1 atom stereocenters. The minimum Gasteiger partial charge on any atom is -0.0917 e. The van der Waals surface area contributed by atoms with E-state index in [0.717, 1.165) is 11.8 Å². The summed E-state index contributed by atoms with van der Waals surface area (Å²) >= 11 is 0. The zero-order valence-electron chi connectivity index (χ0n) is 17.9. The van der Waals surface area contributed by atoms with Crippen LogP contribution in [0.2, 0.25) is 0 Å². The predicted octanol–water partition coefficient (Wildman–Crippen LogP) is 9.12. The summed E-state index contributed by atoms with van der Waals surface area (Å²) in [5.41, 5.74) is 0. The SMILES string of the molecule is C/C=C\CCCC.CC.CCCC(C)CCC/C=C/C1CCCC1. The molecule has 1 rings (SSSR count). The van der Waals surface area contributed by atoms with Crippen molar-refractivity contribution in [1.29, 1.82) is 0 Å². The van der Waals surface area contributed by atoms with Crippen LogP contribution in [0, 0.1) is 11.8 Å². The quantitative estimate of drug-likeness (QED) is 0.275. The Hall–Kier alpha value is -0.520. The molecule has 144 valence electrons. The number of hydrogen-bond acceptors (Lipinski definition) is 0. The van der Waals surface area contributed by atoms with E-state index >= 15 is 0 Å². The molecule has 0 amide bonds. The lowest BCUT2D eigenvalue weighted by atomic mass is 9.99. The Morgan fingerprint density at radius 1 is 0.875 bits per heavy atom. The zero-order valence-corrected chi connectivity index (χ0v) is 17.9. The summed E-state index contributed by atoms with van der Waals surface area (Å²) < 4.78 is 0. The van der Waals surface area contributed by atoms with E-state index in [1.807, 2.05) is 13.8 Å². The second-order valence-electron chi connectivity index (χ2n) is 7.01. The van der Waals surface area contributed by atoms with Crippen LogP contribution in [0.25, 0.3) is 0 Å². The van der Waals surface area contributed by atoms with E-state index in [9.17, 15) is 0 Å². The summed E-state index contributed by atoms with van der Waals surface area (Å²) in [4.78, 5) is 0. The second-order valence-corrected chi connectivity index (χ2v) is 7.01. The molecule has 0 aromatic rings. The fraction of sp³-hybridized carbons (Fsp3) is 0.833. The van der Waals surface area contributed by atoms with Gasteiger partial charge in [-0.2, -0.15) is 0 Å². The molecule has 0 N–H and O–H groups in total. The van der Waals surface area contributed by atoms with Crippen LogP contribution in [-0.2, 0) is 0 Å². The molecule has 0 aliphatic heterocycles. The molecular formula is C24H48. The van der Waals surface area contributed by atoms with Gasteiger partial charge in [-0.25, -0.2) is 0 Å². The van der Waals surface area contributed by atoms with Crippen molar-refractivity contribution in [3.63, 3.8) is 0 Å². The second kappa shape index (κ2) is 22.5. The molecule has 0 aromatic carbocycles. The molecule has 1 fully saturated rings. The summed E-state index contributed by atoms with van der Waals surface area (Å²) in [6.07, 6.45) is 25.8. The van der Waals surface area contributed by atoms with Gasteiger partial charge in [-0.3, -0.25) is 0 Å². The largest absolute Gasteiger partial charge is 0.0917 e. The fourth-order valence-corrected chi connectivity index (χ4v) is 3.15. The highest BCUT2D eigenvalue weighted by Gasteiger charge is 2.10. The van der Waals surface area contributed by atoms with Gasteiger partial charge in [0.1, 0.15) is 0 Å². The minimum atomic E-state index is 0.929. The summed E-state index contributed by atoms with van der Waals surface area (Å²) in [7, 11) is 0. The maximum Gasteiger partial charge on any atom is -0.0234 e. The van der Waals surface area contributed by atoms with Crippen molar-refractivity contribution < 1.29 is 0 Å². The Morgan fingerprint density at radius 3 is 2.04 bits per heavy atom. The van der Waals surface area contributed by atoms with Crippen molar-refractivity contribution in [3.05, 3.63) is 24.3 Å². The molecular weight excluding hydrogens is 288 g/mol. The Labute approximate surface area is 155 Å². The molecule has 0 heteroatoms. The van der Waals surface area contributed by atoms with Gasteiger partial charge in [0.25, 0.3) is 0 Å². The molecule has 24 heavy (non-hydrogen) atoms. The molecule has 0 bridgehead atoms. The van der Waals surface area contributed by atoms with Crippen LogP contribution in [0.15, 0.2) is 24.3 Å². The van der Waals surface area contributed by atoms with E-state index < -0.39 is 0 Å². The number of allylic oxidation sites excluding steroid dienone is 4. The number of unbranched alkanes of at least 4 members (excludes halogenated alkanes) is 3. The van der Waals surface area contributed by atoms with E-state index in [-0.39, 0.29) is 0 Å². The highest BCUT2D eigenvalue weighted by Crippen LogP contribution is 2.26. The lowest BCUT2D eigenvalue weighted by Gasteiger charge is -2.08. The van der Waals surface area contributed by atoms with Crippen LogP contribution in [-0.4, -0.2) is 0 Å². The summed E-state index contributed by atoms with van der Waals surface area (Å²) in [6, 6.07) is 0.